The van der Waals surface area contributed by atoms with Crippen molar-refractivity contribution in [2.45, 2.75) is 25.4 Å². The third-order valence-corrected chi connectivity index (χ3v) is 2.77. The largest absolute Gasteiger partial charge is 0.461 e. The van der Waals surface area contributed by atoms with E-state index in [0.717, 1.165) is 19.4 Å². The summed E-state index contributed by atoms with van der Waals surface area (Å²) >= 11 is 4.84. The zero-order valence-corrected chi connectivity index (χ0v) is 10.3. The Morgan fingerprint density at radius 1 is 1.59 bits per heavy atom. The molecule has 2 rings (SSSR count). The van der Waals surface area contributed by atoms with Crippen LogP contribution in [0, 0.1) is 0 Å². The summed E-state index contributed by atoms with van der Waals surface area (Å²) in [4.78, 5) is 8.35. The maximum atomic E-state index is 5.55. The highest BCUT2D eigenvalue weighted by atomic mass is 32.1. The minimum atomic E-state index is 0.140. The second-order valence-electron chi connectivity index (χ2n) is 3.89. The van der Waals surface area contributed by atoms with Gasteiger partial charge in [0.1, 0.15) is 17.3 Å². The molecule has 0 spiro atoms. The fraction of sp³-hybridized carbons (Fsp3) is 0.545. The van der Waals surface area contributed by atoms with E-state index in [1.807, 2.05) is 0 Å². The zero-order chi connectivity index (χ0) is 12.1. The quantitative estimate of drug-likeness (QED) is 0.809. The van der Waals surface area contributed by atoms with E-state index in [9.17, 15) is 0 Å². The SMILES string of the molecule is NC(=S)c1ccnc(OCC2CCCCO2)n1. The van der Waals surface area contributed by atoms with Crippen LogP contribution in [0.1, 0.15) is 25.0 Å². The summed E-state index contributed by atoms with van der Waals surface area (Å²) in [6.07, 6.45) is 5.06. The Balaban J connectivity index is 1.89. The van der Waals surface area contributed by atoms with Gasteiger partial charge in [-0.25, -0.2) is 4.98 Å². The van der Waals surface area contributed by atoms with Crippen molar-refractivity contribution in [2.24, 2.45) is 5.73 Å². The highest BCUT2D eigenvalue weighted by Crippen LogP contribution is 2.13. The van der Waals surface area contributed by atoms with Gasteiger partial charge in [0.05, 0.1) is 6.10 Å². The van der Waals surface area contributed by atoms with Crippen LogP contribution in [0.5, 0.6) is 6.01 Å². The van der Waals surface area contributed by atoms with Gasteiger partial charge in [0.2, 0.25) is 0 Å². The van der Waals surface area contributed by atoms with E-state index >= 15 is 0 Å². The first kappa shape index (κ1) is 12.2. The molecule has 1 fully saturated rings. The first-order valence-corrected chi connectivity index (χ1v) is 6.04. The summed E-state index contributed by atoms with van der Waals surface area (Å²) in [5.74, 6) is 0. The fourth-order valence-corrected chi connectivity index (χ4v) is 1.77. The van der Waals surface area contributed by atoms with E-state index in [1.165, 1.54) is 6.42 Å². The summed E-state index contributed by atoms with van der Waals surface area (Å²) in [5.41, 5.74) is 6.01. The van der Waals surface area contributed by atoms with E-state index in [1.54, 1.807) is 12.3 Å². The lowest BCUT2D eigenvalue weighted by Gasteiger charge is -2.21. The standard InChI is InChI=1S/C11H15N3O2S/c12-10(17)9-4-5-13-11(14-9)16-7-8-3-1-2-6-15-8/h4-5,8H,1-3,6-7H2,(H2,12,17). The van der Waals surface area contributed by atoms with E-state index in [-0.39, 0.29) is 11.1 Å². The summed E-state index contributed by atoms with van der Waals surface area (Å²) in [5, 5.41) is 0. The van der Waals surface area contributed by atoms with Crippen molar-refractivity contribution in [1.29, 1.82) is 0 Å². The second kappa shape index (κ2) is 5.88. The third-order valence-electron chi connectivity index (χ3n) is 2.56. The average molecular weight is 253 g/mol. The maximum Gasteiger partial charge on any atom is 0.317 e. The Morgan fingerprint density at radius 3 is 3.18 bits per heavy atom. The van der Waals surface area contributed by atoms with Crippen molar-refractivity contribution in [2.75, 3.05) is 13.2 Å². The molecule has 2 N–H and O–H groups in total. The molecule has 17 heavy (non-hydrogen) atoms. The number of ether oxygens (including phenoxy) is 2. The van der Waals surface area contributed by atoms with E-state index in [4.69, 9.17) is 27.4 Å². The van der Waals surface area contributed by atoms with Crippen molar-refractivity contribution in [3.8, 4) is 6.01 Å². The monoisotopic (exact) mass is 253 g/mol. The van der Waals surface area contributed by atoms with Crippen molar-refractivity contribution in [3.63, 3.8) is 0 Å². The highest BCUT2D eigenvalue weighted by Gasteiger charge is 2.15. The predicted molar refractivity (Wildman–Crippen MR) is 67.0 cm³/mol. The highest BCUT2D eigenvalue weighted by molar-refractivity contribution is 7.80. The molecule has 0 aromatic carbocycles. The van der Waals surface area contributed by atoms with Gasteiger partial charge in [-0.05, 0) is 25.3 Å². The van der Waals surface area contributed by atoms with Crippen LogP contribution in [0.15, 0.2) is 12.3 Å². The van der Waals surface area contributed by atoms with Crippen LogP contribution < -0.4 is 10.5 Å². The lowest BCUT2D eigenvalue weighted by atomic mass is 10.1. The lowest BCUT2D eigenvalue weighted by molar-refractivity contribution is -0.0129. The first-order chi connectivity index (χ1) is 8.25. The van der Waals surface area contributed by atoms with Gasteiger partial charge in [0, 0.05) is 12.8 Å². The molecule has 0 radical (unpaired) electrons. The molecule has 1 aromatic heterocycles. The van der Waals surface area contributed by atoms with Crippen molar-refractivity contribution in [1.82, 2.24) is 9.97 Å². The van der Waals surface area contributed by atoms with Gasteiger partial charge in [-0.3, -0.25) is 0 Å². The Kier molecular flexibility index (Phi) is 4.22. The Labute approximate surface area is 105 Å². The molecule has 1 saturated heterocycles. The van der Waals surface area contributed by atoms with Gasteiger partial charge in [-0.1, -0.05) is 12.2 Å². The molecule has 2 heterocycles. The minimum absolute atomic E-state index is 0.140. The molecule has 0 bridgehead atoms. The molecule has 5 nitrogen and oxygen atoms in total. The Bertz CT molecular complexity index is 394. The Hall–Kier alpha value is -1.27. The van der Waals surface area contributed by atoms with Crippen LogP contribution in [0.3, 0.4) is 0 Å². The molecule has 0 amide bonds. The van der Waals surface area contributed by atoms with Crippen LogP contribution in [0.4, 0.5) is 0 Å². The van der Waals surface area contributed by atoms with Crippen LogP contribution in [-0.2, 0) is 4.74 Å². The molecular formula is C11H15N3O2S. The van der Waals surface area contributed by atoms with E-state index in [0.29, 0.717) is 18.3 Å². The number of rotatable bonds is 4. The molecule has 1 unspecified atom stereocenters. The third kappa shape index (κ3) is 3.61. The van der Waals surface area contributed by atoms with Crippen molar-refractivity contribution < 1.29 is 9.47 Å². The van der Waals surface area contributed by atoms with Crippen LogP contribution in [-0.4, -0.2) is 34.3 Å². The van der Waals surface area contributed by atoms with Crippen molar-refractivity contribution in [3.05, 3.63) is 18.0 Å². The molecule has 1 aliphatic heterocycles. The minimum Gasteiger partial charge on any atom is -0.461 e. The van der Waals surface area contributed by atoms with Crippen LogP contribution >= 0.6 is 12.2 Å². The molecule has 6 heteroatoms. The molecule has 1 aliphatic rings. The number of thiocarbonyl (C=S) groups is 1. The van der Waals surface area contributed by atoms with Gasteiger partial charge >= 0.3 is 6.01 Å². The average Bonchev–Trinajstić information content (AvgIpc) is 2.38. The van der Waals surface area contributed by atoms with Gasteiger partial charge in [-0.15, -0.1) is 0 Å². The summed E-state index contributed by atoms with van der Waals surface area (Å²) < 4.78 is 11.0. The Morgan fingerprint density at radius 2 is 2.47 bits per heavy atom. The number of hydrogen-bond donors (Lipinski definition) is 1. The zero-order valence-electron chi connectivity index (χ0n) is 9.46. The summed E-state index contributed by atoms with van der Waals surface area (Å²) in [6.45, 7) is 1.28. The summed E-state index contributed by atoms with van der Waals surface area (Å²) in [6, 6.07) is 1.95. The molecule has 1 atom stereocenters. The van der Waals surface area contributed by atoms with Gasteiger partial charge in [0.15, 0.2) is 0 Å². The van der Waals surface area contributed by atoms with Gasteiger partial charge in [0.25, 0.3) is 0 Å². The first-order valence-electron chi connectivity index (χ1n) is 5.63. The molecule has 1 aromatic rings. The number of nitrogens with two attached hydrogens (primary N) is 1. The predicted octanol–water partition coefficient (Wildman–Crippen LogP) is 1.06. The fourth-order valence-electron chi connectivity index (χ4n) is 1.65. The normalized spacial score (nSPS) is 19.9. The van der Waals surface area contributed by atoms with Gasteiger partial charge < -0.3 is 15.2 Å². The summed E-state index contributed by atoms with van der Waals surface area (Å²) in [7, 11) is 0. The van der Waals surface area contributed by atoms with E-state index in [2.05, 4.69) is 9.97 Å². The number of aromatic nitrogens is 2. The topological polar surface area (TPSA) is 70.3 Å². The van der Waals surface area contributed by atoms with Gasteiger partial charge in [-0.2, -0.15) is 4.98 Å². The molecule has 0 saturated carbocycles. The van der Waals surface area contributed by atoms with Crippen LogP contribution in [0.25, 0.3) is 0 Å². The molecule has 92 valence electrons. The van der Waals surface area contributed by atoms with Crippen molar-refractivity contribution >= 4 is 17.2 Å². The number of hydrogen-bond acceptors (Lipinski definition) is 5. The lowest BCUT2D eigenvalue weighted by Crippen LogP contribution is -2.26. The van der Waals surface area contributed by atoms with E-state index < -0.39 is 0 Å². The molecular weight excluding hydrogens is 238 g/mol. The maximum absolute atomic E-state index is 5.55. The molecule has 0 aliphatic carbocycles. The second-order valence-corrected chi connectivity index (χ2v) is 4.33. The number of nitrogens with zero attached hydrogens (tertiary/aromatic N) is 2. The van der Waals surface area contributed by atoms with Crippen LogP contribution in [0.2, 0.25) is 0 Å². The smallest absolute Gasteiger partial charge is 0.317 e.